The Hall–Kier alpha value is -2.42. The molecule has 4 rings (SSSR count). The molecule has 0 bridgehead atoms. The molecule has 1 atom stereocenters. The standard InChI is InChI=1S/C19H16O3/c1-10-5-7-12-11(9-10)6-8-14-16(12)18(21)13-3-2-4-15(20)17(13)19(14)22/h2-4,6,8,10,20H,5,7,9H2,1H3/t10-/m1/s1. The third kappa shape index (κ3) is 1.68. The predicted octanol–water partition coefficient (Wildman–Crippen LogP) is 3.29. The number of carbonyl (C=O) groups is 2. The average Bonchev–Trinajstić information content (AvgIpc) is 2.51. The van der Waals surface area contributed by atoms with E-state index in [4.69, 9.17) is 0 Å². The number of phenolic OH excluding ortho intramolecular Hbond substituents is 1. The van der Waals surface area contributed by atoms with Crippen molar-refractivity contribution in [2.24, 2.45) is 5.92 Å². The van der Waals surface area contributed by atoms with Gasteiger partial charge in [-0.3, -0.25) is 9.59 Å². The molecular formula is C19H16O3. The molecule has 0 amide bonds. The van der Waals surface area contributed by atoms with Gasteiger partial charge in [-0.25, -0.2) is 0 Å². The third-order valence-electron chi connectivity index (χ3n) is 4.85. The Balaban J connectivity index is 1.99. The summed E-state index contributed by atoms with van der Waals surface area (Å²) in [6.07, 6.45) is 2.83. The van der Waals surface area contributed by atoms with Crippen LogP contribution in [0.3, 0.4) is 0 Å². The zero-order chi connectivity index (χ0) is 15.4. The second kappa shape index (κ2) is 4.54. The van der Waals surface area contributed by atoms with Gasteiger partial charge in [-0.15, -0.1) is 0 Å². The van der Waals surface area contributed by atoms with Crippen LogP contribution < -0.4 is 0 Å². The van der Waals surface area contributed by atoms with Crippen molar-refractivity contribution < 1.29 is 14.7 Å². The molecule has 0 aromatic heterocycles. The molecule has 2 aromatic carbocycles. The Kier molecular flexibility index (Phi) is 2.73. The normalized spacial score (nSPS) is 19.4. The summed E-state index contributed by atoms with van der Waals surface area (Å²) in [5.74, 6) is 0.111. The first-order valence-electron chi connectivity index (χ1n) is 7.64. The topological polar surface area (TPSA) is 54.4 Å². The number of phenols is 1. The number of rotatable bonds is 0. The quantitative estimate of drug-likeness (QED) is 0.691. The molecule has 0 unspecified atom stereocenters. The van der Waals surface area contributed by atoms with E-state index < -0.39 is 0 Å². The first-order valence-corrected chi connectivity index (χ1v) is 7.64. The zero-order valence-electron chi connectivity index (χ0n) is 12.3. The second-order valence-electron chi connectivity index (χ2n) is 6.33. The average molecular weight is 292 g/mol. The largest absolute Gasteiger partial charge is 0.507 e. The molecule has 0 fully saturated rings. The third-order valence-corrected chi connectivity index (χ3v) is 4.85. The Bertz CT molecular complexity index is 833. The van der Waals surface area contributed by atoms with Crippen LogP contribution in [0.25, 0.3) is 0 Å². The minimum atomic E-state index is -0.246. The monoisotopic (exact) mass is 292 g/mol. The van der Waals surface area contributed by atoms with Crippen molar-refractivity contribution in [3.8, 4) is 5.75 Å². The molecule has 3 heteroatoms. The Morgan fingerprint density at radius 1 is 1.00 bits per heavy atom. The van der Waals surface area contributed by atoms with Gasteiger partial charge in [-0.05, 0) is 48.4 Å². The van der Waals surface area contributed by atoms with Crippen LogP contribution >= 0.6 is 0 Å². The lowest BCUT2D eigenvalue weighted by Crippen LogP contribution is -2.25. The zero-order valence-corrected chi connectivity index (χ0v) is 12.3. The molecule has 2 aromatic rings. The number of hydrogen-bond donors (Lipinski definition) is 1. The van der Waals surface area contributed by atoms with Gasteiger partial charge in [-0.1, -0.05) is 25.1 Å². The van der Waals surface area contributed by atoms with E-state index in [2.05, 4.69) is 6.92 Å². The van der Waals surface area contributed by atoms with E-state index >= 15 is 0 Å². The lowest BCUT2D eigenvalue weighted by Gasteiger charge is -2.27. The van der Waals surface area contributed by atoms with Crippen LogP contribution in [0.15, 0.2) is 30.3 Å². The molecule has 2 aliphatic carbocycles. The van der Waals surface area contributed by atoms with E-state index in [0.717, 1.165) is 24.8 Å². The van der Waals surface area contributed by atoms with Gasteiger partial charge >= 0.3 is 0 Å². The number of hydrogen-bond acceptors (Lipinski definition) is 3. The Morgan fingerprint density at radius 3 is 2.55 bits per heavy atom. The van der Waals surface area contributed by atoms with Gasteiger partial charge in [0.25, 0.3) is 0 Å². The van der Waals surface area contributed by atoms with E-state index in [0.29, 0.717) is 22.6 Å². The van der Waals surface area contributed by atoms with Crippen LogP contribution in [0.4, 0.5) is 0 Å². The molecule has 22 heavy (non-hydrogen) atoms. The molecule has 0 saturated carbocycles. The van der Waals surface area contributed by atoms with Crippen LogP contribution in [0.2, 0.25) is 0 Å². The van der Waals surface area contributed by atoms with Crippen molar-refractivity contribution in [2.75, 3.05) is 0 Å². The van der Waals surface area contributed by atoms with Crippen molar-refractivity contribution in [2.45, 2.75) is 26.2 Å². The minimum absolute atomic E-state index is 0.118. The lowest BCUT2D eigenvalue weighted by molar-refractivity contribution is 0.0975. The number of benzene rings is 2. The highest BCUT2D eigenvalue weighted by molar-refractivity contribution is 6.29. The predicted molar refractivity (Wildman–Crippen MR) is 82.6 cm³/mol. The van der Waals surface area contributed by atoms with Crippen LogP contribution in [0.5, 0.6) is 5.75 Å². The Morgan fingerprint density at radius 2 is 1.73 bits per heavy atom. The summed E-state index contributed by atoms with van der Waals surface area (Å²) in [5, 5.41) is 9.97. The van der Waals surface area contributed by atoms with Gasteiger partial charge in [0.2, 0.25) is 0 Å². The highest BCUT2D eigenvalue weighted by Gasteiger charge is 2.35. The van der Waals surface area contributed by atoms with Crippen molar-refractivity contribution >= 4 is 11.6 Å². The van der Waals surface area contributed by atoms with Crippen LogP contribution in [-0.2, 0) is 12.8 Å². The van der Waals surface area contributed by atoms with Gasteiger partial charge in [0.1, 0.15) is 5.75 Å². The fourth-order valence-corrected chi connectivity index (χ4v) is 3.72. The molecule has 0 radical (unpaired) electrons. The molecular weight excluding hydrogens is 276 g/mol. The summed E-state index contributed by atoms with van der Waals surface area (Å²) >= 11 is 0. The molecule has 2 aliphatic rings. The molecule has 3 nitrogen and oxygen atoms in total. The van der Waals surface area contributed by atoms with Gasteiger partial charge in [0.05, 0.1) is 5.56 Å². The molecule has 0 saturated heterocycles. The highest BCUT2D eigenvalue weighted by Crippen LogP contribution is 2.37. The van der Waals surface area contributed by atoms with Gasteiger partial charge in [0, 0.05) is 16.7 Å². The van der Waals surface area contributed by atoms with Crippen molar-refractivity contribution in [1.82, 2.24) is 0 Å². The first kappa shape index (κ1) is 13.3. The summed E-state index contributed by atoms with van der Waals surface area (Å²) in [6.45, 7) is 2.21. The second-order valence-corrected chi connectivity index (χ2v) is 6.33. The van der Waals surface area contributed by atoms with Crippen LogP contribution in [0.1, 0.15) is 56.3 Å². The highest BCUT2D eigenvalue weighted by atomic mass is 16.3. The SMILES string of the molecule is C[C@@H]1CCc2c(ccc3c2C(=O)c2cccc(O)c2C3=O)C1. The number of carbonyl (C=O) groups excluding carboxylic acids is 2. The fraction of sp³-hybridized carbons (Fsp3) is 0.263. The minimum Gasteiger partial charge on any atom is -0.507 e. The van der Waals surface area contributed by atoms with E-state index in [-0.39, 0.29) is 22.9 Å². The smallest absolute Gasteiger partial charge is 0.198 e. The van der Waals surface area contributed by atoms with Gasteiger partial charge in [-0.2, -0.15) is 0 Å². The Labute approximate surface area is 128 Å². The van der Waals surface area contributed by atoms with E-state index in [9.17, 15) is 14.7 Å². The summed E-state index contributed by atoms with van der Waals surface area (Å²) in [6, 6.07) is 8.42. The van der Waals surface area contributed by atoms with Crippen molar-refractivity contribution in [3.63, 3.8) is 0 Å². The number of fused-ring (bicyclic) bond motifs is 4. The maximum Gasteiger partial charge on any atom is 0.198 e. The molecule has 1 N–H and O–H groups in total. The molecule has 0 heterocycles. The van der Waals surface area contributed by atoms with E-state index in [1.807, 2.05) is 6.07 Å². The summed E-state index contributed by atoms with van der Waals surface area (Å²) in [7, 11) is 0. The van der Waals surface area contributed by atoms with Gasteiger partial charge < -0.3 is 5.11 Å². The lowest BCUT2D eigenvalue weighted by atomic mass is 9.75. The van der Waals surface area contributed by atoms with Gasteiger partial charge in [0.15, 0.2) is 11.6 Å². The molecule has 110 valence electrons. The number of ketones is 2. The maximum atomic E-state index is 12.9. The summed E-state index contributed by atoms with van der Waals surface area (Å²) < 4.78 is 0. The molecule has 0 spiro atoms. The maximum absolute atomic E-state index is 12.9. The summed E-state index contributed by atoms with van der Waals surface area (Å²) in [5.41, 5.74) is 3.68. The van der Waals surface area contributed by atoms with Crippen LogP contribution in [0, 0.1) is 5.92 Å². The van der Waals surface area contributed by atoms with Crippen molar-refractivity contribution in [3.05, 3.63) is 63.7 Å². The summed E-state index contributed by atoms with van der Waals surface area (Å²) in [4.78, 5) is 25.6. The number of aromatic hydroxyl groups is 1. The first-order chi connectivity index (χ1) is 10.6. The van der Waals surface area contributed by atoms with E-state index in [1.165, 1.54) is 11.6 Å². The van der Waals surface area contributed by atoms with Crippen LogP contribution in [-0.4, -0.2) is 16.7 Å². The fourth-order valence-electron chi connectivity index (χ4n) is 3.72. The van der Waals surface area contributed by atoms with Crippen molar-refractivity contribution in [1.29, 1.82) is 0 Å². The van der Waals surface area contributed by atoms with E-state index in [1.54, 1.807) is 18.2 Å². The molecule has 0 aliphatic heterocycles.